The van der Waals surface area contributed by atoms with Gasteiger partial charge in [0.2, 0.25) is 5.28 Å². The van der Waals surface area contributed by atoms with E-state index >= 15 is 0 Å². The summed E-state index contributed by atoms with van der Waals surface area (Å²) in [5.41, 5.74) is 8.20. The minimum absolute atomic E-state index is 0. The number of nitrogens with one attached hydrogen (secondary N) is 2. The summed E-state index contributed by atoms with van der Waals surface area (Å²) in [7, 11) is 4.07. The van der Waals surface area contributed by atoms with Crippen LogP contribution in [-0.2, 0) is 36.4 Å². The zero-order chi connectivity index (χ0) is 61.8. The van der Waals surface area contributed by atoms with Gasteiger partial charge in [-0.1, -0.05) is 92.1 Å². The third-order valence-electron chi connectivity index (χ3n) is 16.7. The van der Waals surface area contributed by atoms with Gasteiger partial charge in [-0.25, -0.2) is 29.5 Å². The average molecular weight is 1340 g/mol. The molecule has 5 fully saturated rings. The largest absolute Gasteiger partial charge is 0.507 e. The number of ether oxygens (including phenoxy) is 2. The molecule has 6 aromatic rings. The number of para-hydroxylation sites is 1. The molecule has 4 heterocycles. The van der Waals surface area contributed by atoms with Crippen LogP contribution in [0, 0.1) is 13.5 Å². The molecule has 0 radical (unpaired) electrons. The second kappa shape index (κ2) is 35.8. The molecule has 2 aliphatic heterocycles. The fraction of sp³-hybridized carbons (Fsp3) is 0.514. The Labute approximate surface area is 552 Å². The fourth-order valence-corrected chi connectivity index (χ4v) is 18.1. The van der Waals surface area contributed by atoms with Gasteiger partial charge in [-0.3, -0.25) is 0 Å². The Bertz CT molecular complexity index is 3000. The molecule has 486 valence electrons. The topological polar surface area (TPSA) is 158 Å². The predicted octanol–water partition coefficient (Wildman–Crippen LogP) is 17.4. The van der Waals surface area contributed by atoms with Gasteiger partial charge < -0.3 is 47.3 Å². The monoisotopic (exact) mass is 1340 g/mol. The number of amides is 2. The van der Waals surface area contributed by atoms with Crippen molar-refractivity contribution >= 4 is 43.3 Å². The number of aromatic hydroxyl groups is 1. The number of hydrogen-bond donors (Lipinski definition) is 3. The molecule has 5 aliphatic rings. The van der Waals surface area contributed by atoms with Crippen molar-refractivity contribution in [2.45, 2.75) is 198 Å². The Morgan fingerprint density at radius 1 is 0.596 bits per heavy atom. The van der Waals surface area contributed by atoms with Gasteiger partial charge in [0, 0.05) is 96.7 Å². The molecule has 2 amide bonds. The second-order valence-corrected chi connectivity index (χ2v) is 30.1. The van der Waals surface area contributed by atoms with Crippen LogP contribution in [0.25, 0.3) is 33.6 Å². The van der Waals surface area contributed by atoms with E-state index in [2.05, 4.69) is 56.7 Å². The van der Waals surface area contributed by atoms with Gasteiger partial charge in [-0.05, 0) is 180 Å². The summed E-state index contributed by atoms with van der Waals surface area (Å²) in [6.45, 7) is 14.5. The summed E-state index contributed by atoms with van der Waals surface area (Å²) in [4.78, 5) is 48.0. The number of carbonyl (C=O) groups is 2. The maximum Gasteiger partial charge on any atom is 0.410 e. The van der Waals surface area contributed by atoms with E-state index in [9.17, 15) is 14.7 Å². The maximum atomic E-state index is 12.4. The number of anilines is 2. The number of aromatic nitrogens is 4. The molecule has 3 N–H and O–H groups in total. The van der Waals surface area contributed by atoms with E-state index in [1.807, 2.05) is 126 Å². The first-order chi connectivity index (χ1) is 41.9. The van der Waals surface area contributed by atoms with E-state index in [-0.39, 0.29) is 71.1 Å². The Kier molecular flexibility index (Phi) is 29.1. The van der Waals surface area contributed by atoms with Crippen LogP contribution >= 0.6 is 19.5 Å². The van der Waals surface area contributed by atoms with E-state index in [0.717, 1.165) is 41.6 Å². The molecule has 0 unspecified atom stereocenters. The zero-order valence-electron chi connectivity index (χ0n) is 54.4. The molecule has 4 aromatic carbocycles. The first kappa shape index (κ1) is 72.4. The molecule has 0 bridgehead atoms. The normalized spacial score (nSPS) is 18.1. The summed E-state index contributed by atoms with van der Waals surface area (Å²) in [5, 5.41) is 17.4. The van der Waals surface area contributed by atoms with Gasteiger partial charge in [0.25, 0.3) is 0 Å². The van der Waals surface area contributed by atoms with Gasteiger partial charge in [-0.2, -0.15) is 30.3 Å². The molecule has 2 saturated heterocycles. The standard InChI is InChI=1S/C25H28N4O3.C19H23ClN4O2.C18H33P.C9H12N.CH3.Pd/c1-25(2,3)32-24(31)29-14-13-18(16-29)27-23-20(17-9-5-4-6-10-17)15-26-22(28-23)19-11-7-8-12-21(19)30;1-19(2,3)26-18(25)24-10-9-14(12-24)22-16-15(11-21-17(20)23-16)13-7-5-4-6-8-13;1-4-10-16(11-5-1)19(17-12-6-2-7-13-17)18-14-8-3-9-15-18;1-10(2)8-9-6-4-3-5-7-9;;/h4-12,15,18,30H,13-14,16H2,1-3H3,(H,26,27,28);4-8,11,14H,9-10,12H2,1-3H3,(H,21,22,23);16-18H,1-15H2;3-6H,8H2,1-2H3;1H3;/q;;;2*-1;/p+1/t18-;14-;;;;/m00..../s1. The molecule has 2 atom stereocenters. The fourth-order valence-electron chi connectivity index (χ4n) is 12.7. The number of halogens is 1. The summed E-state index contributed by atoms with van der Waals surface area (Å²) in [6, 6.07) is 38.1. The molecule has 3 saturated carbocycles. The van der Waals surface area contributed by atoms with Gasteiger partial charge >= 0.3 is 12.2 Å². The van der Waals surface area contributed by atoms with E-state index in [1.165, 1.54) is 22.5 Å². The van der Waals surface area contributed by atoms with Crippen LogP contribution in [0.4, 0.5) is 21.2 Å². The van der Waals surface area contributed by atoms with E-state index < -0.39 is 11.2 Å². The van der Waals surface area contributed by atoms with Crippen molar-refractivity contribution in [3.8, 4) is 39.4 Å². The van der Waals surface area contributed by atoms with Crippen LogP contribution in [0.3, 0.4) is 0 Å². The number of phenols is 1. The number of phenolic OH excluding ortho intramolecular Hbond substituents is 1. The number of benzene rings is 4. The van der Waals surface area contributed by atoms with Crippen LogP contribution < -0.4 is 10.6 Å². The molecule has 2 aromatic heterocycles. The summed E-state index contributed by atoms with van der Waals surface area (Å²) >= 11 is 5.99. The molecule has 89 heavy (non-hydrogen) atoms. The quantitative estimate of drug-likeness (QED) is 0.0462. The van der Waals surface area contributed by atoms with E-state index in [1.54, 1.807) is 137 Å². The van der Waals surface area contributed by atoms with Crippen LogP contribution in [0.2, 0.25) is 5.28 Å². The molecule has 11 rings (SSSR count). The van der Waals surface area contributed by atoms with Crippen molar-refractivity contribution in [1.82, 2.24) is 34.6 Å². The average Bonchev–Trinajstić information content (AvgIpc) is 3.36. The van der Waals surface area contributed by atoms with E-state index in [0.29, 0.717) is 49.2 Å². The number of carbonyl (C=O) groups excluding carboxylic acids is 2. The van der Waals surface area contributed by atoms with Crippen molar-refractivity contribution < 1.29 is 44.6 Å². The first-order valence-electron chi connectivity index (χ1n) is 32.1. The van der Waals surface area contributed by atoms with E-state index in [4.69, 9.17) is 26.1 Å². The molecule has 0 spiro atoms. The minimum Gasteiger partial charge on any atom is -0.507 e. The van der Waals surface area contributed by atoms with Gasteiger partial charge in [0.1, 0.15) is 28.6 Å². The van der Waals surface area contributed by atoms with Crippen molar-refractivity contribution in [3.63, 3.8) is 0 Å². The Hall–Kier alpha value is -5.68. The third kappa shape index (κ3) is 23.2. The van der Waals surface area contributed by atoms with Crippen LogP contribution in [0.15, 0.2) is 122 Å². The van der Waals surface area contributed by atoms with Gasteiger partial charge in [-0.15, -0.1) is 5.56 Å². The van der Waals surface area contributed by atoms with Crippen molar-refractivity contribution in [3.05, 3.63) is 146 Å². The molecule has 17 heteroatoms. The van der Waals surface area contributed by atoms with Crippen molar-refractivity contribution in [1.29, 1.82) is 0 Å². The Morgan fingerprint density at radius 2 is 1.02 bits per heavy atom. The minimum atomic E-state index is -0.525. The van der Waals surface area contributed by atoms with Crippen LogP contribution in [-0.4, -0.2) is 132 Å². The third-order valence-corrected chi connectivity index (χ3v) is 21.5. The summed E-state index contributed by atoms with van der Waals surface area (Å²) in [5.74, 6) is 1.91. The number of likely N-dealkylation sites (tertiary alicyclic amines) is 2. The predicted molar refractivity (Wildman–Crippen MR) is 365 cm³/mol. The van der Waals surface area contributed by atoms with Crippen molar-refractivity contribution in [2.75, 3.05) is 50.9 Å². The van der Waals surface area contributed by atoms with Crippen molar-refractivity contribution in [2.24, 2.45) is 0 Å². The molecular weight excluding hydrogens is 1240 g/mol. The van der Waals surface area contributed by atoms with Gasteiger partial charge in [0.05, 0.1) is 22.5 Å². The molecular formula is C72H100ClN9O5PPd-. The zero-order valence-corrected chi connectivity index (χ0v) is 57.7. The number of nitrogens with zero attached hydrogens (tertiary/aromatic N) is 7. The van der Waals surface area contributed by atoms with Crippen LogP contribution in [0.1, 0.15) is 156 Å². The first-order valence-corrected chi connectivity index (χ1v) is 34.2. The Balaban J connectivity index is 0.000000199. The van der Waals surface area contributed by atoms with Gasteiger partial charge in [0.15, 0.2) is 5.82 Å². The molecule has 14 nitrogen and oxygen atoms in total. The molecule has 3 aliphatic carbocycles. The second-order valence-electron chi connectivity index (χ2n) is 26.3. The SMILES string of the molecule is C1CCC([PH+](C2CCCCC2)C2CCCCC2)CC1.CC(C)(C)OC(=O)N1CC[C@H](Nc2nc(-c3ccccc3O)ncc2-c2ccccc2)C1.CC(C)(C)OC(=O)N1CC[C@H](Nc2nc(Cl)ncc2-c2ccccc2)C1.CN(C)Cc1[c-]cccc1.[CH3-].[Pd]. The Morgan fingerprint density at radius 3 is 1.45 bits per heavy atom. The maximum absolute atomic E-state index is 12.4. The number of hydrogen-bond acceptors (Lipinski definition) is 12. The summed E-state index contributed by atoms with van der Waals surface area (Å²) < 4.78 is 11.0. The van der Waals surface area contributed by atoms with Crippen LogP contribution in [0.5, 0.6) is 5.75 Å². The summed E-state index contributed by atoms with van der Waals surface area (Å²) in [6.07, 6.45) is 28.3. The number of rotatable bonds is 12. The smallest absolute Gasteiger partial charge is 0.410 e.